The Labute approximate surface area is 222 Å². The largest absolute Gasteiger partial charge is 0.381 e. The van der Waals surface area contributed by atoms with Crippen molar-refractivity contribution in [2.75, 3.05) is 37.0 Å². The van der Waals surface area contributed by atoms with E-state index in [0.29, 0.717) is 29.5 Å². The Balaban J connectivity index is 1.44. The molecule has 2 fully saturated rings. The number of nitrogens with one attached hydrogen (secondary N) is 1. The lowest BCUT2D eigenvalue weighted by atomic mass is 9.86. The number of ether oxygens (including phenoxy) is 1. The number of methoxy groups -OCH3 is 1. The van der Waals surface area contributed by atoms with E-state index in [1.54, 1.807) is 25.3 Å². The minimum Gasteiger partial charge on any atom is -0.381 e. The van der Waals surface area contributed by atoms with Gasteiger partial charge in [-0.05, 0) is 62.3 Å². The molecule has 0 spiro atoms. The molecule has 2 atom stereocenters. The van der Waals surface area contributed by atoms with Gasteiger partial charge in [0.1, 0.15) is 17.3 Å². The monoisotopic (exact) mass is 520 g/mol. The first-order valence-corrected chi connectivity index (χ1v) is 13.3. The van der Waals surface area contributed by atoms with Gasteiger partial charge in [0.2, 0.25) is 5.69 Å². The minimum atomic E-state index is -0.619. The van der Waals surface area contributed by atoms with Gasteiger partial charge in [-0.15, -0.1) is 5.10 Å². The van der Waals surface area contributed by atoms with Crippen molar-refractivity contribution in [1.29, 1.82) is 0 Å². The summed E-state index contributed by atoms with van der Waals surface area (Å²) in [6.45, 7) is 9.47. The van der Waals surface area contributed by atoms with Crippen molar-refractivity contribution in [3.8, 4) is 16.9 Å². The molecule has 2 aliphatic rings. The molecule has 0 radical (unpaired) electrons. The van der Waals surface area contributed by atoms with Crippen LogP contribution in [0.1, 0.15) is 38.5 Å². The molecule has 38 heavy (non-hydrogen) atoms. The van der Waals surface area contributed by atoms with Gasteiger partial charge in [0.25, 0.3) is 0 Å². The van der Waals surface area contributed by atoms with Gasteiger partial charge in [-0.2, -0.15) is 0 Å². The second-order valence-corrected chi connectivity index (χ2v) is 10.3. The fourth-order valence-electron chi connectivity index (χ4n) is 5.59. The molecule has 200 valence electrons. The molecule has 7 nitrogen and oxygen atoms in total. The Bertz CT molecular complexity index is 1310. The van der Waals surface area contributed by atoms with Crippen molar-refractivity contribution >= 4 is 17.2 Å². The fourth-order valence-corrected chi connectivity index (χ4v) is 5.59. The van der Waals surface area contributed by atoms with Crippen LogP contribution in [0.4, 0.5) is 26.0 Å². The lowest BCUT2D eigenvalue weighted by Crippen LogP contribution is -2.36. The van der Waals surface area contributed by atoms with Gasteiger partial charge < -0.3 is 20.7 Å². The fraction of sp³-hybridized carbons (Fsp3) is 0.448. The van der Waals surface area contributed by atoms with Gasteiger partial charge in [-0.3, -0.25) is 0 Å². The van der Waals surface area contributed by atoms with Gasteiger partial charge in [-0.25, -0.2) is 18.3 Å². The van der Waals surface area contributed by atoms with E-state index in [0.717, 1.165) is 57.3 Å². The van der Waals surface area contributed by atoms with Crippen LogP contribution in [-0.2, 0) is 4.74 Å². The standard InChI is InChI=1S/C29H34F2N6O/c1-33-26-8-6-20(15-24(26)30)28-17-29(34-18-19-4-3-5-21(32)14-19)35-37(28)27-9-7-22(16-25(27)31)36-12-10-23(38-2)11-13-36/h6-9,15-17,19,21,23H,3-5,10-14,18,32H2,2H3,(H,34,35)/t19-,21-/m0/s1. The summed E-state index contributed by atoms with van der Waals surface area (Å²) in [5, 5.41) is 8.07. The highest BCUT2D eigenvalue weighted by atomic mass is 19.1. The predicted molar refractivity (Wildman–Crippen MR) is 146 cm³/mol. The Kier molecular flexibility index (Phi) is 7.91. The highest BCUT2D eigenvalue weighted by Crippen LogP contribution is 2.32. The third-order valence-corrected chi connectivity index (χ3v) is 7.77. The molecule has 0 amide bonds. The van der Waals surface area contributed by atoms with Gasteiger partial charge >= 0.3 is 0 Å². The van der Waals surface area contributed by atoms with E-state index in [4.69, 9.17) is 17.0 Å². The average Bonchev–Trinajstić information content (AvgIpc) is 3.36. The van der Waals surface area contributed by atoms with E-state index < -0.39 is 11.6 Å². The minimum absolute atomic E-state index is 0.0559. The quantitative estimate of drug-likeness (QED) is 0.379. The lowest BCUT2D eigenvalue weighted by Gasteiger charge is -2.33. The number of halogens is 2. The number of hydrogen-bond donors (Lipinski definition) is 2. The van der Waals surface area contributed by atoms with Crippen LogP contribution in [-0.4, -0.2) is 48.7 Å². The lowest BCUT2D eigenvalue weighted by molar-refractivity contribution is 0.0819. The van der Waals surface area contributed by atoms with Gasteiger partial charge in [0.05, 0.1) is 18.4 Å². The summed E-state index contributed by atoms with van der Waals surface area (Å²) >= 11 is 0. The smallest absolute Gasteiger partial charge is 0.222 e. The number of benzene rings is 2. The number of aromatic nitrogens is 2. The van der Waals surface area contributed by atoms with Crippen molar-refractivity contribution in [3.63, 3.8) is 0 Å². The van der Waals surface area contributed by atoms with E-state index >= 15 is 4.39 Å². The van der Waals surface area contributed by atoms with Gasteiger partial charge in [0.15, 0.2) is 5.82 Å². The Morgan fingerprint density at radius 3 is 2.58 bits per heavy atom. The molecule has 1 saturated carbocycles. The maximum atomic E-state index is 15.6. The van der Waals surface area contributed by atoms with Crippen LogP contribution >= 0.6 is 0 Å². The molecule has 0 unspecified atom stereocenters. The molecule has 1 aliphatic heterocycles. The third kappa shape index (κ3) is 5.66. The molecule has 1 saturated heterocycles. The second kappa shape index (κ2) is 11.5. The van der Waals surface area contributed by atoms with Crippen molar-refractivity contribution in [1.82, 2.24) is 9.78 Å². The topological polar surface area (TPSA) is 72.7 Å². The van der Waals surface area contributed by atoms with Crippen molar-refractivity contribution < 1.29 is 13.5 Å². The Hall–Kier alpha value is -3.48. The normalized spacial score (nSPS) is 20.3. The Morgan fingerprint density at radius 1 is 1.08 bits per heavy atom. The maximum absolute atomic E-state index is 15.6. The summed E-state index contributed by atoms with van der Waals surface area (Å²) in [5.74, 6) is -0.00469. The number of piperidine rings is 1. The molecule has 1 aliphatic carbocycles. The molecule has 9 heteroatoms. The summed E-state index contributed by atoms with van der Waals surface area (Å²) in [4.78, 5) is 5.37. The van der Waals surface area contributed by atoms with Crippen LogP contribution in [0.25, 0.3) is 21.8 Å². The zero-order chi connectivity index (χ0) is 26.6. The molecule has 5 rings (SSSR count). The summed E-state index contributed by atoms with van der Waals surface area (Å²) in [6, 6.07) is 11.6. The van der Waals surface area contributed by atoms with E-state index in [9.17, 15) is 4.39 Å². The molecule has 2 aromatic carbocycles. The van der Waals surface area contributed by atoms with Crippen LogP contribution in [0.3, 0.4) is 0 Å². The number of nitrogens with zero attached hydrogens (tertiary/aromatic N) is 4. The molecule has 1 aromatic heterocycles. The average molecular weight is 521 g/mol. The van der Waals surface area contributed by atoms with Gasteiger partial charge in [0, 0.05) is 50.1 Å². The molecule has 2 heterocycles. The van der Waals surface area contributed by atoms with Gasteiger partial charge in [-0.1, -0.05) is 18.6 Å². The predicted octanol–water partition coefficient (Wildman–Crippen LogP) is 5.91. The summed E-state index contributed by atoms with van der Waals surface area (Å²) in [6.07, 6.45) is 6.28. The van der Waals surface area contributed by atoms with E-state index in [2.05, 4.69) is 20.2 Å². The van der Waals surface area contributed by atoms with E-state index in [1.165, 1.54) is 22.9 Å². The first-order chi connectivity index (χ1) is 18.4. The first kappa shape index (κ1) is 26.1. The molecule has 0 bridgehead atoms. The summed E-state index contributed by atoms with van der Waals surface area (Å²) < 4.78 is 37.1. The van der Waals surface area contributed by atoms with Crippen molar-refractivity contribution in [2.24, 2.45) is 11.7 Å². The number of nitrogens with two attached hydrogens (primary N) is 1. The maximum Gasteiger partial charge on any atom is 0.222 e. The zero-order valence-corrected chi connectivity index (χ0v) is 21.7. The number of rotatable bonds is 7. The molecule has 3 aromatic rings. The van der Waals surface area contributed by atoms with E-state index in [1.807, 2.05) is 6.07 Å². The van der Waals surface area contributed by atoms with Crippen LogP contribution in [0.5, 0.6) is 0 Å². The molecule has 3 N–H and O–H groups in total. The van der Waals surface area contributed by atoms with Crippen LogP contribution in [0.2, 0.25) is 0 Å². The summed E-state index contributed by atoms with van der Waals surface area (Å²) in [5.41, 5.74) is 8.24. The van der Waals surface area contributed by atoms with Crippen LogP contribution < -0.4 is 16.0 Å². The highest BCUT2D eigenvalue weighted by molar-refractivity contribution is 5.69. The highest BCUT2D eigenvalue weighted by Gasteiger charge is 2.23. The van der Waals surface area contributed by atoms with Crippen LogP contribution in [0.15, 0.2) is 42.5 Å². The van der Waals surface area contributed by atoms with Crippen molar-refractivity contribution in [3.05, 3.63) is 65.5 Å². The molecular formula is C29H34F2N6O. The Morgan fingerprint density at radius 2 is 1.89 bits per heavy atom. The first-order valence-electron chi connectivity index (χ1n) is 13.3. The third-order valence-electron chi connectivity index (χ3n) is 7.77. The summed E-state index contributed by atoms with van der Waals surface area (Å²) in [7, 11) is 1.73. The van der Waals surface area contributed by atoms with E-state index in [-0.39, 0.29) is 23.5 Å². The second-order valence-electron chi connectivity index (χ2n) is 10.3. The SMILES string of the molecule is [C-]#[N+]c1ccc(-c2cc(NC[C@H]3CCC[C@H](N)C3)nn2-c2ccc(N3CCC(OC)CC3)cc2F)cc1F. The van der Waals surface area contributed by atoms with Crippen molar-refractivity contribution in [2.45, 2.75) is 50.7 Å². The number of hydrogen-bond acceptors (Lipinski definition) is 5. The number of anilines is 2. The molecular weight excluding hydrogens is 486 g/mol. The van der Waals surface area contributed by atoms with Crippen LogP contribution in [0, 0.1) is 24.1 Å². The zero-order valence-electron chi connectivity index (χ0n) is 21.7.